The number of ether oxygens (including phenoxy) is 1. The third-order valence-electron chi connectivity index (χ3n) is 3.68. The molecule has 1 aromatic heterocycles. The molecule has 1 aromatic carbocycles. The minimum atomic E-state index is -0.184. The van der Waals surface area contributed by atoms with Gasteiger partial charge >= 0.3 is 0 Å². The van der Waals surface area contributed by atoms with Gasteiger partial charge in [0.1, 0.15) is 5.69 Å². The first-order chi connectivity index (χ1) is 10.2. The van der Waals surface area contributed by atoms with Crippen molar-refractivity contribution < 1.29 is 9.53 Å². The van der Waals surface area contributed by atoms with Gasteiger partial charge in [-0.2, -0.15) is 0 Å². The Morgan fingerprint density at radius 3 is 2.86 bits per heavy atom. The minimum Gasteiger partial charge on any atom is -0.383 e. The summed E-state index contributed by atoms with van der Waals surface area (Å²) in [5.41, 5.74) is 0.258. The highest BCUT2D eigenvalue weighted by Crippen LogP contribution is 2.20. The van der Waals surface area contributed by atoms with Crippen LogP contribution in [0.5, 0.6) is 0 Å². The van der Waals surface area contributed by atoms with Gasteiger partial charge in [-0.25, -0.2) is 0 Å². The van der Waals surface area contributed by atoms with E-state index in [1.807, 2.05) is 18.2 Å². The SMILES string of the molecule is COCCn1c(C(=O)NC2CC2)cc2ccccc2c1=O. The molecule has 5 heteroatoms. The predicted octanol–water partition coefficient (Wildman–Crippen LogP) is 1.54. The Hall–Kier alpha value is -2.14. The van der Waals surface area contributed by atoms with Crippen LogP contribution >= 0.6 is 0 Å². The van der Waals surface area contributed by atoms with Crippen molar-refractivity contribution in [3.05, 3.63) is 46.4 Å². The van der Waals surface area contributed by atoms with Crippen LogP contribution in [0.3, 0.4) is 0 Å². The van der Waals surface area contributed by atoms with Crippen LogP contribution in [0, 0.1) is 0 Å². The molecule has 21 heavy (non-hydrogen) atoms. The maximum Gasteiger partial charge on any atom is 0.268 e. The zero-order valence-electron chi connectivity index (χ0n) is 12.0. The van der Waals surface area contributed by atoms with E-state index < -0.39 is 0 Å². The number of hydrogen-bond donors (Lipinski definition) is 1. The van der Waals surface area contributed by atoms with Crippen molar-refractivity contribution in [3.8, 4) is 0 Å². The second kappa shape index (κ2) is 5.69. The maximum atomic E-state index is 12.6. The van der Waals surface area contributed by atoms with Gasteiger partial charge in [-0.1, -0.05) is 18.2 Å². The molecule has 1 aliphatic rings. The monoisotopic (exact) mass is 286 g/mol. The van der Waals surface area contributed by atoms with Gasteiger partial charge in [0.15, 0.2) is 0 Å². The second-order valence-electron chi connectivity index (χ2n) is 5.31. The number of benzene rings is 1. The molecule has 0 radical (unpaired) electrons. The van der Waals surface area contributed by atoms with E-state index in [0.717, 1.165) is 18.2 Å². The Kier molecular flexibility index (Phi) is 3.75. The number of carbonyl (C=O) groups is 1. The average molecular weight is 286 g/mol. The van der Waals surface area contributed by atoms with Crippen LogP contribution < -0.4 is 10.9 Å². The van der Waals surface area contributed by atoms with Crippen LogP contribution in [0.4, 0.5) is 0 Å². The van der Waals surface area contributed by atoms with Crippen LogP contribution in [-0.4, -0.2) is 30.2 Å². The topological polar surface area (TPSA) is 60.3 Å². The summed E-state index contributed by atoms with van der Waals surface area (Å²) in [4.78, 5) is 25.0. The Bertz CT molecular complexity index is 732. The van der Waals surface area contributed by atoms with Crippen LogP contribution in [0.1, 0.15) is 23.3 Å². The van der Waals surface area contributed by atoms with Gasteiger partial charge in [0, 0.05) is 25.1 Å². The quantitative estimate of drug-likeness (QED) is 0.907. The van der Waals surface area contributed by atoms with E-state index in [1.165, 1.54) is 4.57 Å². The summed E-state index contributed by atoms with van der Waals surface area (Å²) in [6.45, 7) is 0.759. The first-order valence-corrected chi connectivity index (χ1v) is 7.13. The summed E-state index contributed by atoms with van der Waals surface area (Å²) in [6, 6.07) is 9.37. The standard InChI is InChI=1S/C16H18N2O3/c1-21-9-8-18-14(15(19)17-12-6-7-12)10-11-4-2-3-5-13(11)16(18)20/h2-5,10,12H,6-9H2,1H3,(H,17,19). The third kappa shape index (κ3) is 2.83. The molecular formula is C16H18N2O3. The van der Waals surface area contributed by atoms with Crippen molar-refractivity contribution in [1.29, 1.82) is 0 Å². The second-order valence-corrected chi connectivity index (χ2v) is 5.31. The Labute approximate surface area is 122 Å². The van der Waals surface area contributed by atoms with Crippen LogP contribution in [0.25, 0.3) is 10.8 Å². The highest BCUT2D eigenvalue weighted by molar-refractivity contribution is 5.97. The van der Waals surface area contributed by atoms with E-state index in [1.54, 1.807) is 19.2 Å². The molecule has 110 valence electrons. The molecule has 1 fully saturated rings. The Balaban J connectivity index is 2.09. The molecule has 0 atom stereocenters. The molecule has 0 aliphatic heterocycles. The number of pyridine rings is 1. The van der Waals surface area contributed by atoms with Crippen molar-refractivity contribution >= 4 is 16.7 Å². The molecule has 1 saturated carbocycles. The summed E-state index contributed by atoms with van der Waals surface area (Å²) in [7, 11) is 1.58. The number of nitrogens with one attached hydrogen (secondary N) is 1. The molecule has 0 bridgehead atoms. The zero-order chi connectivity index (χ0) is 14.8. The molecule has 2 aromatic rings. The van der Waals surface area contributed by atoms with Crippen LogP contribution in [-0.2, 0) is 11.3 Å². The lowest BCUT2D eigenvalue weighted by molar-refractivity contribution is 0.0937. The lowest BCUT2D eigenvalue weighted by atomic mass is 10.1. The number of fused-ring (bicyclic) bond motifs is 1. The highest BCUT2D eigenvalue weighted by atomic mass is 16.5. The molecule has 1 heterocycles. The summed E-state index contributed by atoms with van der Waals surface area (Å²) >= 11 is 0. The molecule has 0 saturated heterocycles. The van der Waals surface area contributed by atoms with Gasteiger partial charge in [-0.15, -0.1) is 0 Å². The smallest absolute Gasteiger partial charge is 0.268 e. The molecule has 0 unspecified atom stereocenters. The van der Waals surface area contributed by atoms with Gasteiger partial charge in [-0.3, -0.25) is 9.59 Å². The fourth-order valence-electron chi connectivity index (χ4n) is 2.38. The first kappa shape index (κ1) is 13.8. The highest BCUT2D eigenvalue weighted by Gasteiger charge is 2.25. The predicted molar refractivity (Wildman–Crippen MR) is 80.6 cm³/mol. The minimum absolute atomic E-state index is 0.147. The van der Waals surface area contributed by atoms with Crippen molar-refractivity contribution in [2.75, 3.05) is 13.7 Å². The van der Waals surface area contributed by atoms with Crippen molar-refractivity contribution in [1.82, 2.24) is 9.88 Å². The van der Waals surface area contributed by atoms with E-state index in [9.17, 15) is 9.59 Å². The lowest BCUT2D eigenvalue weighted by Gasteiger charge is -2.14. The molecule has 3 rings (SSSR count). The fourth-order valence-corrected chi connectivity index (χ4v) is 2.38. The van der Waals surface area contributed by atoms with E-state index in [4.69, 9.17) is 4.74 Å². The normalized spacial score (nSPS) is 14.3. The van der Waals surface area contributed by atoms with Crippen molar-refractivity contribution in [3.63, 3.8) is 0 Å². The van der Waals surface area contributed by atoms with Gasteiger partial charge in [0.2, 0.25) is 0 Å². The summed E-state index contributed by atoms with van der Waals surface area (Å²) in [5.74, 6) is -0.184. The number of hydrogen-bond acceptors (Lipinski definition) is 3. The number of amides is 1. The number of methoxy groups -OCH3 is 1. The van der Waals surface area contributed by atoms with Crippen LogP contribution in [0.2, 0.25) is 0 Å². The molecule has 1 amide bonds. The van der Waals surface area contributed by atoms with Gasteiger partial charge in [0.05, 0.1) is 6.61 Å². The van der Waals surface area contributed by atoms with E-state index in [2.05, 4.69) is 5.32 Å². The van der Waals surface area contributed by atoms with E-state index in [-0.39, 0.29) is 17.5 Å². The summed E-state index contributed by atoms with van der Waals surface area (Å²) in [5, 5.41) is 4.35. The van der Waals surface area contributed by atoms with E-state index >= 15 is 0 Å². The Morgan fingerprint density at radius 2 is 2.14 bits per heavy atom. The molecule has 5 nitrogen and oxygen atoms in total. The summed E-state index contributed by atoms with van der Waals surface area (Å²) in [6.07, 6.45) is 2.03. The van der Waals surface area contributed by atoms with Crippen molar-refractivity contribution in [2.45, 2.75) is 25.4 Å². The number of nitrogens with zero attached hydrogens (tertiary/aromatic N) is 1. The number of aromatic nitrogens is 1. The molecule has 1 N–H and O–H groups in total. The lowest BCUT2D eigenvalue weighted by Crippen LogP contribution is -2.34. The average Bonchev–Trinajstić information content (AvgIpc) is 3.30. The van der Waals surface area contributed by atoms with E-state index in [0.29, 0.717) is 24.2 Å². The van der Waals surface area contributed by atoms with Crippen LogP contribution in [0.15, 0.2) is 35.1 Å². The summed E-state index contributed by atoms with van der Waals surface area (Å²) < 4.78 is 6.55. The van der Waals surface area contributed by atoms with Gasteiger partial charge < -0.3 is 14.6 Å². The molecule has 0 spiro atoms. The molecule has 1 aliphatic carbocycles. The van der Waals surface area contributed by atoms with Crippen molar-refractivity contribution in [2.24, 2.45) is 0 Å². The Morgan fingerprint density at radius 1 is 1.38 bits per heavy atom. The third-order valence-corrected chi connectivity index (χ3v) is 3.68. The zero-order valence-corrected chi connectivity index (χ0v) is 12.0. The fraction of sp³-hybridized carbons (Fsp3) is 0.375. The van der Waals surface area contributed by atoms with Gasteiger partial charge in [-0.05, 0) is 30.4 Å². The maximum absolute atomic E-state index is 12.6. The largest absolute Gasteiger partial charge is 0.383 e. The number of rotatable bonds is 5. The number of carbonyl (C=O) groups excluding carboxylic acids is 1. The molecular weight excluding hydrogens is 268 g/mol. The first-order valence-electron chi connectivity index (χ1n) is 7.13. The van der Waals surface area contributed by atoms with Gasteiger partial charge in [0.25, 0.3) is 11.5 Å².